The van der Waals surface area contributed by atoms with Crippen molar-refractivity contribution in [3.05, 3.63) is 35.9 Å². The van der Waals surface area contributed by atoms with E-state index in [-0.39, 0.29) is 24.0 Å². The molecule has 1 atom stereocenters. The Hall–Kier alpha value is -0.860. The second kappa shape index (κ2) is 12.6. The zero-order valence-corrected chi connectivity index (χ0v) is 19.8. The Labute approximate surface area is 187 Å². The molecule has 1 unspecified atom stereocenters. The molecule has 2 aliphatic heterocycles. The first kappa shape index (κ1) is 23.4. The van der Waals surface area contributed by atoms with Crippen LogP contribution in [0.15, 0.2) is 35.3 Å². The third kappa shape index (κ3) is 7.19. The number of halogens is 1. The quantitative estimate of drug-likeness (QED) is 0.353. The van der Waals surface area contributed by atoms with Gasteiger partial charge in [-0.1, -0.05) is 30.3 Å². The van der Waals surface area contributed by atoms with Crippen LogP contribution in [0.1, 0.15) is 37.7 Å². The van der Waals surface area contributed by atoms with Crippen molar-refractivity contribution in [2.75, 3.05) is 46.9 Å². The zero-order chi connectivity index (χ0) is 18.9. The van der Waals surface area contributed by atoms with Gasteiger partial charge in [-0.3, -0.25) is 9.89 Å². The Kier molecular flexibility index (Phi) is 10.6. The highest BCUT2D eigenvalue weighted by Gasteiger charge is 2.25. The molecular weight excluding hydrogens is 463 g/mol. The van der Waals surface area contributed by atoms with Crippen molar-refractivity contribution in [2.24, 2.45) is 10.9 Å². The molecule has 5 nitrogen and oxygen atoms in total. The molecule has 1 N–H and O–H groups in total. The SMILES string of the molecule is CN=C(NCC1CCCN1Cc1ccccc1)N(C)CCC1CCOCC1.I. The number of hydrogen-bond acceptors (Lipinski definition) is 3. The monoisotopic (exact) mass is 500 g/mol. The van der Waals surface area contributed by atoms with Crippen LogP contribution in [0.5, 0.6) is 0 Å². The first-order chi connectivity index (χ1) is 13.3. The van der Waals surface area contributed by atoms with Crippen LogP contribution in [0.4, 0.5) is 0 Å². The summed E-state index contributed by atoms with van der Waals surface area (Å²) in [6.07, 6.45) is 6.19. The largest absolute Gasteiger partial charge is 0.381 e. The van der Waals surface area contributed by atoms with Crippen LogP contribution < -0.4 is 5.32 Å². The van der Waals surface area contributed by atoms with E-state index in [1.807, 2.05) is 7.05 Å². The smallest absolute Gasteiger partial charge is 0.193 e. The molecule has 2 heterocycles. The van der Waals surface area contributed by atoms with E-state index in [4.69, 9.17) is 4.74 Å². The van der Waals surface area contributed by atoms with Crippen LogP contribution in [0.25, 0.3) is 0 Å². The van der Waals surface area contributed by atoms with Crippen LogP contribution in [-0.4, -0.2) is 68.7 Å². The highest BCUT2D eigenvalue weighted by atomic mass is 127. The molecule has 0 aromatic heterocycles. The van der Waals surface area contributed by atoms with Crippen LogP contribution in [0, 0.1) is 5.92 Å². The molecular formula is C22H37IN4O. The molecule has 2 fully saturated rings. The highest BCUT2D eigenvalue weighted by molar-refractivity contribution is 14.0. The van der Waals surface area contributed by atoms with E-state index in [0.29, 0.717) is 6.04 Å². The van der Waals surface area contributed by atoms with Crippen molar-refractivity contribution in [1.29, 1.82) is 0 Å². The number of hydrogen-bond donors (Lipinski definition) is 1. The third-order valence-corrected chi connectivity index (χ3v) is 6.01. The zero-order valence-electron chi connectivity index (χ0n) is 17.5. The van der Waals surface area contributed by atoms with E-state index in [1.165, 1.54) is 44.2 Å². The normalized spacial score (nSPS) is 21.4. The lowest BCUT2D eigenvalue weighted by molar-refractivity contribution is 0.0625. The van der Waals surface area contributed by atoms with Crippen LogP contribution >= 0.6 is 24.0 Å². The van der Waals surface area contributed by atoms with Gasteiger partial charge in [-0.2, -0.15) is 0 Å². The number of benzene rings is 1. The van der Waals surface area contributed by atoms with Gasteiger partial charge in [0.25, 0.3) is 0 Å². The molecule has 158 valence electrons. The van der Waals surface area contributed by atoms with Gasteiger partial charge in [0, 0.05) is 53.0 Å². The minimum absolute atomic E-state index is 0. The van der Waals surface area contributed by atoms with Gasteiger partial charge in [-0.05, 0) is 50.1 Å². The molecule has 2 aliphatic rings. The molecule has 0 amide bonds. The predicted octanol–water partition coefficient (Wildman–Crippen LogP) is 3.59. The lowest BCUT2D eigenvalue weighted by atomic mass is 9.96. The maximum Gasteiger partial charge on any atom is 0.193 e. The van der Waals surface area contributed by atoms with E-state index in [2.05, 4.69) is 57.5 Å². The molecule has 1 aromatic carbocycles. The average Bonchev–Trinajstić information content (AvgIpc) is 3.15. The number of nitrogens with zero attached hydrogens (tertiary/aromatic N) is 3. The number of likely N-dealkylation sites (tertiary alicyclic amines) is 1. The predicted molar refractivity (Wildman–Crippen MR) is 127 cm³/mol. The van der Waals surface area contributed by atoms with E-state index >= 15 is 0 Å². The van der Waals surface area contributed by atoms with Crippen molar-refractivity contribution in [1.82, 2.24) is 15.1 Å². The Morgan fingerprint density at radius 3 is 2.68 bits per heavy atom. The van der Waals surface area contributed by atoms with Gasteiger partial charge in [0.15, 0.2) is 5.96 Å². The van der Waals surface area contributed by atoms with Gasteiger partial charge in [0.1, 0.15) is 0 Å². The van der Waals surface area contributed by atoms with Gasteiger partial charge in [-0.15, -0.1) is 24.0 Å². The summed E-state index contributed by atoms with van der Waals surface area (Å²) in [5, 5.41) is 3.62. The van der Waals surface area contributed by atoms with Gasteiger partial charge in [0.2, 0.25) is 0 Å². The van der Waals surface area contributed by atoms with Gasteiger partial charge in [-0.25, -0.2) is 0 Å². The lowest BCUT2D eigenvalue weighted by Gasteiger charge is -2.29. The number of nitrogens with one attached hydrogen (secondary N) is 1. The summed E-state index contributed by atoms with van der Waals surface area (Å²) in [4.78, 5) is 9.40. The fraction of sp³-hybridized carbons (Fsp3) is 0.682. The van der Waals surface area contributed by atoms with Crippen molar-refractivity contribution >= 4 is 29.9 Å². The molecule has 0 radical (unpaired) electrons. The number of rotatable bonds is 7. The molecule has 28 heavy (non-hydrogen) atoms. The fourth-order valence-electron chi connectivity index (χ4n) is 4.26. The Morgan fingerprint density at radius 1 is 1.21 bits per heavy atom. The number of ether oxygens (including phenoxy) is 1. The van der Waals surface area contributed by atoms with E-state index in [1.54, 1.807) is 0 Å². The fourth-order valence-corrected chi connectivity index (χ4v) is 4.26. The maximum absolute atomic E-state index is 5.47. The average molecular weight is 500 g/mol. The Bertz CT molecular complexity index is 577. The summed E-state index contributed by atoms with van der Waals surface area (Å²) in [5.74, 6) is 1.82. The maximum atomic E-state index is 5.47. The van der Waals surface area contributed by atoms with E-state index < -0.39 is 0 Å². The summed E-state index contributed by atoms with van der Waals surface area (Å²) in [7, 11) is 4.05. The molecule has 6 heteroatoms. The van der Waals surface area contributed by atoms with Gasteiger partial charge in [0.05, 0.1) is 0 Å². The molecule has 0 spiro atoms. The minimum atomic E-state index is 0. The van der Waals surface area contributed by atoms with Crippen molar-refractivity contribution in [3.63, 3.8) is 0 Å². The van der Waals surface area contributed by atoms with Crippen LogP contribution in [-0.2, 0) is 11.3 Å². The Balaban J connectivity index is 0.00000280. The molecule has 0 saturated carbocycles. The van der Waals surface area contributed by atoms with Crippen LogP contribution in [0.2, 0.25) is 0 Å². The third-order valence-electron chi connectivity index (χ3n) is 6.01. The number of guanidine groups is 1. The lowest BCUT2D eigenvalue weighted by Crippen LogP contribution is -2.45. The molecule has 0 bridgehead atoms. The highest BCUT2D eigenvalue weighted by Crippen LogP contribution is 2.20. The summed E-state index contributed by atoms with van der Waals surface area (Å²) in [5.41, 5.74) is 1.40. The van der Waals surface area contributed by atoms with E-state index in [9.17, 15) is 0 Å². The molecule has 0 aliphatic carbocycles. The topological polar surface area (TPSA) is 40.1 Å². The summed E-state index contributed by atoms with van der Waals surface area (Å²) in [6, 6.07) is 11.4. The van der Waals surface area contributed by atoms with Gasteiger partial charge >= 0.3 is 0 Å². The number of aliphatic imine (C=N–C) groups is 1. The summed E-state index contributed by atoms with van der Waals surface area (Å²) in [6.45, 7) is 6.13. The first-order valence-electron chi connectivity index (χ1n) is 10.5. The standard InChI is InChI=1S/C22H36N4O.HI/c1-23-22(25(2)14-10-19-11-15-27-16-12-19)24-17-21-9-6-13-26(21)18-20-7-4-3-5-8-20;/h3-5,7-8,19,21H,6,9-18H2,1-2H3,(H,23,24);1H. The van der Waals surface area contributed by atoms with Crippen LogP contribution in [0.3, 0.4) is 0 Å². The molecule has 3 rings (SSSR count). The minimum Gasteiger partial charge on any atom is -0.381 e. The Morgan fingerprint density at radius 2 is 1.96 bits per heavy atom. The second-order valence-electron chi connectivity index (χ2n) is 7.95. The van der Waals surface area contributed by atoms with E-state index in [0.717, 1.165) is 44.7 Å². The second-order valence-corrected chi connectivity index (χ2v) is 7.95. The molecule has 2 saturated heterocycles. The summed E-state index contributed by atoms with van der Waals surface area (Å²) < 4.78 is 5.47. The van der Waals surface area contributed by atoms with Crippen molar-refractivity contribution < 1.29 is 4.74 Å². The summed E-state index contributed by atoms with van der Waals surface area (Å²) >= 11 is 0. The van der Waals surface area contributed by atoms with Crippen molar-refractivity contribution in [3.8, 4) is 0 Å². The molecule has 1 aromatic rings. The van der Waals surface area contributed by atoms with Gasteiger partial charge < -0.3 is 15.0 Å². The first-order valence-corrected chi connectivity index (χ1v) is 10.5. The van der Waals surface area contributed by atoms with Crippen molar-refractivity contribution in [2.45, 2.75) is 44.7 Å².